The average molecular weight is 249 g/mol. The highest BCUT2D eigenvalue weighted by Gasteiger charge is 2.25. The van der Waals surface area contributed by atoms with Crippen LogP contribution in [0.5, 0.6) is 0 Å². The molecule has 6 nitrogen and oxygen atoms in total. The molecular formula is C12H19N5O. The minimum atomic E-state index is 0.0251. The number of fused-ring (bicyclic) bond motifs is 1. The van der Waals surface area contributed by atoms with Crippen LogP contribution in [-0.4, -0.2) is 37.3 Å². The van der Waals surface area contributed by atoms with E-state index in [0.29, 0.717) is 17.9 Å². The molecule has 0 spiro atoms. The molecule has 0 aliphatic carbocycles. The lowest BCUT2D eigenvalue weighted by Gasteiger charge is -2.31. The summed E-state index contributed by atoms with van der Waals surface area (Å²) in [5, 5.41) is 20.4. The minimum absolute atomic E-state index is 0.0251. The summed E-state index contributed by atoms with van der Waals surface area (Å²) in [5.74, 6) is 0.698. The average Bonchev–Trinajstić information content (AvgIpc) is 2.76. The summed E-state index contributed by atoms with van der Waals surface area (Å²) in [6.07, 6.45) is 5.82. The van der Waals surface area contributed by atoms with Crippen molar-refractivity contribution < 1.29 is 5.11 Å². The molecule has 2 aromatic rings. The van der Waals surface area contributed by atoms with Gasteiger partial charge in [-0.1, -0.05) is 20.8 Å². The Balaban J connectivity index is 2.28. The molecule has 0 bridgehead atoms. The van der Waals surface area contributed by atoms with Crippen molar-refractivity contribution >= 4 is 11.5 Å². The molecule has 0 aliphatic rings. The van der Waals surface area contributed by atoms with Crippen LogP contribution in [0.2, 0.25) is 0 Å². The molecule has 18 heavy (non-hydrogen) atoms. The number of hydrogen-bond donors (Lipinski definition) is 2. The van der Waals surface area contributed by atoms with Crippen molar-refractivity contribution in [1.29, 1.82) is 0 Å². The fraction of sp³-hybridized carbons (Fsp3) is 0.583. The molecule has 1 atom stereocenters. The SMILES string of the molecule is CC(C)(C)C(CCO)Nc1nccn2cnnc12. The van der Waals surface area contributed by atoms with Gasteiger partial charge < -0.3 is 10.4 Å². The van der Waals surface area contributed by atoms with E-state index in [9.17, 15) is 0 Å². The number of rotatable bonds is 4. The number of aliphatic hydroxyl groups excluding tert-OH is 1. The number of anilines is 1. The Kier molecular flexibility index (Phi) is 3.47. The Hall–Kier alpha value is -1.69. The zero-order valence-corrected chi connectivity index (χ0v) is 11.0. The van der Waals surface area contributed by atoms with Crippen LogP contribution in [0.4, 0.5) is 5.82 Å². The van der Waals surface area contributed by atoms with Crippen molar-refractivity contribution in [3.63, 3.8) is 0 Å². The van der Waals surface area contributed by atoms with Crippen LogP contribution in [0.3, 0.4) is 0 Å². The van der Waals surface area contributed by atoms with Crippen molar-refractivity contribution in [3.05, 3.63) is 18.7 Å². The predicted octanol–water partition coefficient (Wildman–Crippen LogP) is 1.33. The van der Waals surface area contributed by atoms with Gasteiger partial charge in [-0.2, -0.15) is 0 Å². The molecule has 98 valence electrons. The number of hydrogen-bond acceptors (Lipinski definition) is 5. The largest absolute Gasteiger partial charge is 0.396 e. The zero-order valence-electron chi connectivity index (χ0n) is 11.0. The summed E-state index contributed by atoms with van der Waals surface area (Å²) in [6, 6.07) is 0.123. The lowest BCUT2D eigenvalue weighted by atomic mass is 9.85. The maximum atomic E-state index is 9.16. The van der Waals surface area contributed by atoms with Gasteiger partial charge in [-0.25, -0.2) is 4.98 Å². The van der Waals surface area contributed by atoms with Crippen molar-refractivity contribution in [2.24, 2.45) is 5.41 Å². The number of nitrogens with one attached hydrogen (secondary N) is 1. The second-order valence-electron chi connectivity index (χ2n) is 5.41. The van der Waals surface area contributed by atoms with Crippen LogP contribution >= 0.6 is 0 Å². The third-order valence-corrected chi connectivity index (χ3v) is 2.99. The smallest absolute Gasteiger partial charge is 0.203 e. The molecule has 0 aliphatic heterocycles. The summed E-state index contributed by atoms with van der Waals surface area (Å²) in [6.45, 7) is 6.53. The lowest BCUT2D eigenvalue weighted by molar-refractivity contribution is 0.235. The van der Waals surface area contributed by atoms with E-state index < -0.39 is 0 Å². The number of aromatic nitrogens is 4. The number of nitrogens with zero attached hydrogens (tertiary/aromatic N) is 4. The molecule has 1 unspecified atom stereocenters. The maximum absolute atomic E-state index is 9.16. The Labute approximate surface area is 106 Å². The van der Waals surface area contributed by atoms with Gasteiger partial charge in [0.15, 0.2) is 5.82 Å². The molecule has 0 aromatic carbocycles. The zero-order chi connectivity index (χ0) is 13.2. The highest BCUT2D eigenvalue weighted by atomic mass is 16.3. The fourth-order valence-electron chi connectivity index (χ4n) is 1.88. The highest BCUT2D eigenvalue weighted by Crippen LogP contribution is 2.25. The van der Waals surface area contributed by atoms with Crippen LogP contribution in [0.25, 0.3) is 5.65 Å². The molecule has 0 radical (unpaired) electrons. The molecule has 2 N–H and O–H groups in total. The van der Waals surface area contributed by atoms with Gasteiger partial charge in [-0.15, -0.1) is 10.2 Å². The van der Waals surface area contributed by atoms with Crippen molar-refractivity contribution in [3.8, 4) is 0 Å². The second kappa shape index (κ2) is 4.89. The Morgan fingerprint density at radius 1 is 1.44 bits per heavy atom. The summed E-state index contributed by atoms with van der Waals surface area (Å²) >= 11 is 0. The van der Waals surface area contributed by atoms with Gasteiger partial charge in [-0.05, 0) is 11.8 Å². The minimum Gasteiger partial charge on any atom is -0.396 e. The number of aliphatic hydroxyl groups is 1. The highest BCUT2D eigenvalue weighted by molar-refractivity contribution is 5.61. The molecule has 0 saturated carbocycles. The predicted molar refractivity (Wildman–Crippen MR) is 69.4 cm³/mol. The van der Waals surface area contributed by atoms with Gasteiger partial charge in [0.2, 0.25) is 5.65 Å². The summed E-state index contributed by atoms with van der Waals surface area (Å²) in [5.41, 5.74) is 0.724. The van der Waals surface area contributed by atoms with E-state index in [-0.39, 0.29) is 18.1 Å². The van der Waals surface area contributed by atoms with Gasteiger partial charge in [0.1, 0.15) is 6.33 Å². The molecule has 0 saturated heterocycles. The van der Waals surface area contributed by atoms with Gasteiger partial charge in [0, 0.05) is 25.0 Å². The van der Waals surface area contributed by atoms with Gasteiger partial charge in [0.05, 0.1) is 0 Å². The van der Waals surface area contributed by atoms with E-state index in [1.54, 1.807) is 18.7 Å². The van der Waals surface area contributed by atoms with Gasteiger partial charge in [-0.3, -0.25) is 4.40 Å². The molecule has 0 amide bonds. The first-order valence-corrected chi connectivity index (χ1v) is 6.04. The van der Waals surface area contributed by atoms with Crippen molar-refractivity contribution in [2.45, 2.75) is 33.2 Å². The Morgan fingerprint density at radius 3 is 2.89 bits per heavy atom. The first-order chi connectivity index (χ1) is 8.52. The van der Waals surface area contributed by atoms with Crippen molar-refractivity contribution in [1.82, 2.24) is 19.6 Å². The van der Waals surface area contributed by atoms with E-state index in [2.05, 4.69) is 41.3 Å². The van der Waals surface area contributed by atoms with Crippen LogP contribution in [0, 0.1) is 5.41 Å². The third kappa shape index (κ3) is 2.59. The van der Waals surface area contributed by atoms with Crippen LogP contribution in [-0.2, 0) is 0 Å². The summed E-state index contributed by atoms with van der Waals surface area (Å²) < 4.78 is 1.81. The Bertz CT molecular complexity index is 516. The first kappa shape index (κ1) is 12.8. The summed E-state index contributed by atoms with van der Waals surface area (Å²) in [7, 11) is 0. The lowest BCUT2D eigenvalue weighted by Crippen LogP contribution is -2.35. The van der Waals surface area contributed by atoms with Crippen molar-refractivity contribution in [2.75, 3.05) is 11.9 Å². The maximum Gasteiger partial charge on any atom is 0.203 e. The Morgan fingerprint density at radius 2 is 2.22 bits per heavy atom. The van der Waals surface area contributed by atoms with Gasteiger partial charge in [0.25, 0.3) is 0 Å². The standard InChI is InChI=1S/C12H19N5O/c1-12(2,3)9(4-7-18)15-10-11-16-14-8-17(11)6-5-13-10/h5-6,8-9,18H,4,7H2,1-3H3,(H,13,15). The first-order valence-electron chi connectivity index (χ1n) is 6.04. The normalized spacial score (nSPS) is 13.8. The van der Waals surface area contributed by atoms with E-state index in [1.165, 1.54) is 0 Å². The molecule has 6 heteroatoms. The fourth-order valence-corrected chi connectivity index (χ4v) is 1.88. The third-order valence-electron chi connectivity index (χ3n) is 2.99. The molecule has 2 heterocycles. The van der Waals surface area contributed by atoms with E-state index in [0.717, 1.165) is 0 Å². The monoisotopic (exact) mass is 249 g/mol. The summed E-state index contributed by atoms with van der Waals surface area (Å²) in [4.78, 5) is 4.30. The quantitative estimate of drug-likeness (QED) is 0.855. The molecule has 2 aromatic heterocycles. The second-order valence-corrected chi connectivity index (χ2v) is 5.41. The van der Waals surface area contributed by atoms with Gasteiger partial charge >= 0.3 is 0 Å². The van der Waals surface area contributed by atoms with E-state index in [4.69, 9.17) is 5.11 Å². The molecule has 0 fully saturated rings. The topological polar surface area (TPSA) is 75.3 Å². The molecular weight excluding hydrogens is 230 g/mol. The van der Waals surface area contributed by atoms with Crippen LogP contribution < -0.4 is 5.32 Å². The van der Waals surface area contributed by atoms with E-state index >= 15 is 0 Å². The van der Waals surface area contributed by atoms with Crippen LogP contribution in [0.15, 0.2) is 18.7 Å². The molecule has 2 rings (SSSR count). The van der Waals surface area contributed by atoms with Crippen LogP contribution in [0.1, 0.15) is 27.2 Å². The van der Waals surface area contributed by atoms with E-state index in [1.807, 2.05) is 4.40 Å².